The Morgan fingerprint density at radius 2 is 2.08 bits per heavy atom. The van der Waals surface area contributed by atoms with Crippen LogP contribution in [0.3, 0.4) is 0 Å². The summed E-state index contributed by atoms with van der Waals surface area (Å²) in [7, 11) is 1.51. The highest BCUT2D eigenvalue weighted by molar-refractivity contribution is 7.22. The molecule has 1 heterocycles. The van der Waals surface area contributed by atoms with Crippen LogP contribution in [0.15, 0.2) is 42.5 Å². The summed E-state index contributed by atoms with van der Waals surface area (Å²) in [6, 6.07) is 11.0. The molecule has 1 N–H and O–H groups in total. The number of hydrogen-bond acceptors (Lipinski definition) is 4. The standard InChI is InChI=1S/C17H12Cl2N2O2S/c1-23-16-10(8-11(18)9-12(16)19)6-7-15(22)21-17-20-13-4-2-3-5-14(13)24-17/h2-9H,1H3,(H,20,21,22)/b7-6+. The minimum absolute atomic E-state index is 0.299. The molecule has 0 aliphatic carbocycles. The van der Waals surface area contributed by atoms with E-state index >= 15 is 0 Å². The predicted octanol–water partition coefficient (Wildman–Crippen LogP) is 5.26. The molecule has 0 bridgehead atoms. The number of rotatable bonds is 4. The summed E-state index contributed by atoms with van der Waals surface area (Å²) in [5.74, 6) is 0.164. The predicted molar refractivity (Wildman–Crippen MR) is 100 cm³/mol. The smallest absolute Gasteiger partial charge is 0.250 e. The number of nitrogens with one attached hydrogen (secondary N) is 1. The van der Waals surface area contributed by atoms with E-state index in [0.29, 0.717) is 26.5 Å². The second-order valence-electron chi connectivity index (χ2n) is 4.82. The van der Waals surface area contributed by atoms with Crippen molar-refractivity contribution in [2.45, 2.75) is 0 Å². The summed E-state index contributed by atoms with van der Waals surface area (Å²) in [5, 5.41) is 4.14. The number of aromatic nitrogens is 1. The number of benzene rings is 2. The quantitative estimate of drug-likeness (QED) is 0.629. The number of fused-ring (bicyclic) bond motifs is 1. The number of anilines is 1. The van der Waals surface area contributed by atoms with E-state index in [4.69, 9.17) is 27.9 Å². The Kier molecular flexibility index (Phi) is 5.04. The van der Waals surface area contributed by atoms with E-state index in [1.807, 2.05) is 24.3 Å². The maximum Gasteiger partial charge on any atom is 0.250 e. The Morgan fingerprint density at radius 3 is 2.83 bits per heavy atom. The maximum absolute atomic E-state index is 12.1. The molecule has 0 atom stereocenters. The van der Waals surface area contributed by atoms with Crippen molar-refractivity contribution in [1.29, 1.82) is 0 Å². The van der Waals surface area contributed by atoms with Crippen LogP contribution in [-0.4, -0.2) is 18.0 Å². The number of hydrogen-bond donors (Lipinski definition) is 1. The number of methoxy groups -OCH3 is 1. The second-order valence-corrected chi connectivity index (χ2v) is 6.69. The molecule has 0 aliphatic rings. The molecule has 24 heavy (non-hydrogen) atoms. The second kappa shape index (κ2) is 7.21. The van der Waals surface area contributed by atoms with Crippen LogP contribution in [0.5, 0.6) is 5.75 Å². The van der Waals surface area contributed by atoms with Crippen LogP contribution in [0.4, 0.5) is 5.13 Å². The molecule has 0 spiro atoms. The lowest BCUT2D eigenvalue weighted by molar-refractivity contribution is -0.111. The van der Waals surface area contributed by atoms with Gasteiger partial charge in [0.25, 0.3) is 0 Å². The van der Waals surface area contributed by atoms with Crippen LogP contribution in [0, 0.1) is 0 Å². The van der Waals surface area contributed by atoms with Crippen molar-refractivity contribution in [1.82, 2.24) is 4.98 Å². The molecule has 3 rings (SSSR count). The highest BCUT2D eigenvalue weighted by atomic mass is 35.5. The Bertz CT molecular complexity index is 904. The Morgan fingerprint density at radius 1 is 1.29 bits per heavy atom. The van der Waals surface area contributed by atoms with Gasteiger partial charge in [0.1, 0.15) is 5.75 Å². The van der Waals surface area contributed by atoms with E-state index in [9.17, 15) is 4.79 Å². The summed E-state index contributed by atoms with van der Waals surface area (Å²) in [6.45, 7) is 0. The first-order valence-corrected chi connectivity index (χ1v) is 8.52. The Hall–Kier alpha value is -2.08. The lowest BCUT2D eigenvalue weighted by atomic mass is 10.2. The van der Waals surface area contributed by atoms with Crippen LogP contribution in [0.25, 0.3) is 16.3 Å². The van der Waals surface area contributed by atoms with Crippen LogP contribution in [0.2, 0.25) is 10.0 Å². The molecule has 2 aromatic carbocycles. The van der Waals surface area contributed by atoms with Gasteiger partial charge in [-0.15, -0.1) is 0 Å². The third-order valence-corrected chi connectivity index (χ3v) is 4.63. The number of ether oxygens (including phenoxy) is 1. The number of halogens is 2. The van der Waals surface area contributed by atoms with Gasteiger partial charge in [-0.25, -0.2) is 4.98 Å². The first kappa shape index (κ1) is 16.8. The summed E-state index contributed by atoms with van der Waals surface area (Å²) < 4.78 is 6.25. The zero-order valence-corrected chi connectivity index (χ0v) is 14.9. The monoisotopic (exact) mass is 378 g/mol. The van der Waals surface area contributed by atoms with E-state index in [2.05, 4.69) is 10.3 Å². The van der Waals surface area contributed by atoms with Crippen molar-refractivity contribution in [3.05, 3.63) is 58.1 Å². The SMILES string of the molecule is COc1c(Cl)cc(Cl)cc1/C=C/C(=O)Nc1nc2ccccc2s1. The first-order chi connectivity index (χ1) is 11.6. The van der Waals surface area contributed by atoms with Crippen molar-refractivity contribution >= 4 is 61.9 Å². The average Bonchev–Trinajstić information content (AvgIpc) is 2.94. The van der Waals surface area contributed by atoms with Crippen molar-refractivity contribution in [3.63, 3.8) is 0 Å². The fourth-order valence-electron chi connectivity index (χ4n) is 2.16. The van der Waals surface area contributed by atoms with Gasteiger partial charge in [-0.1, -0.05) is 46.7 Å². The molecule has 0 fully saturated rings. The lowest BCUT2D eigenvalue weighted by Gasteiger charge is -2.07. The molecule has 0 aliphatic heterocycles. The van der Waals surface area contributed by atoms with Gasteiger partial charge in [0.05, 0.1) is 22.3 Å². The maximum atomic E-state index is 12.1. The zero-order valence-electron chi connectivity index (χ0n) is 12.5. The van der Waals surface area contributed by atoms with Gasteiger partial charge >= 0.3 is 0 Å². The average molecular weight is 379 g/mol. The van der Waals surface area contributed by atoms with E-state index < -0.39 is 0 Å². The van der Waals surface area contributed by atoms with Crippen LogP contribution in [0.1, 0.15) is 5.56 Å². The third-order valence-electron chi connectivity index (χ3n) is 3.18. The lowest BCUT2D eigenvalue weighted by Crippen LogP contribution is -2.07. The fourth-order valence-corrected chi connectivity index (χ4v) is 3.61. The number of thiazole rings is 1. The number of carbonyl (C=O) groups is 1. The van der Waals surface area contributed by atoms with Crippen molar-refractivity contribution < 1.29 is 9.53 Å². The van der Waals surface area contributed by atoms with Crippen molar-refractivity contribution in [3.8, 4) is 5.75 Å². The van der Waals surface area contributed by atoms with Gasteiger partial charge in [0.2, 0.25) is 5.91 Å². The Balaban J connectivity index is 1.78. The van der Waals surface area contributed by atoms with E-state index in [-0.39, 0.29) is 5.91 Å². The van der Waals surface area contributed by atoms with E-state index in [1.54, 1.807) is 18.2 Å². The molecular formula is C17H12Cl2N2O2S. The summed E-state index contributed by atoms with van der Waals surface area (Å²) in [5.41, 5.74) is 1.47. The summed E-state index contributed by atoms with van der Waals surface area (Å²) in [4.78, 5) is 16.4. The van der Waals surface area contributed by atoms with Gasteiger partial charge < -0.3 is 4.74 Å². The van der Waals surface area contributed by atoms with Gasteiger partial charge in [0, 0.05) is 16.7 Å². The molecule has 0 saturated heterocycles. The fraction of sp³-hybridized carbons (Fsp3) is 0.0588. The van der Waals surface area contributed by atoms with Gasteiger partial charge in [-0.2, -0.15) is 0 Å². The zero-order chi connectivity index (χ0) is 17.1. The number of carbonyl (C=O) groups excluding carboxylic acids is 1. The van der Waals surface area contributed by atoms with Gasteiger partial charge in [0.15, 0.2) is 5.13 Å². The highest BCUT2D eigenvalue weighted by Crippen LogP contribution is 2.33. The minimum atomic E-state index is -0.299. The molecule has 3 aromatic rings. The van der Waals surface area contributed by atoms with Crippen molar-refractivity contribution in [2.24, 2.45) is 0 Å². The Labute approximate surface area is 152 Å². The molecule has 0 radical (unpaired) electrons. The van der Waals surface area contributed by atoms with E-state index in [1.165, 1.54) is 24.5 Å². The normalized spacial score (nSPS) is 11.1. The van der Waals surface area contributed by atoms with Gasteiger partial charge in [-0.3, -0.25) is 10.1 Å². The largest absolute Gasteiger partial charge is 0.495 e. The summed E-state index contributed by atoms with van der Waals surface area (Å²) in [6.07, 6.45) is 2.98. The number of amides is 1. The summed E-state index contributed by atoms with van der Waals surface area (Å²) >= 11 is 13.5. The highest BCUT2D eigenvalue weighted by Gasteiger charge is 2.09. The number of nitrogens with zero attached hydrogens (tertiary/aromatic N) is 1. The minimum Gasteiger partial charge on any atom is -0.495 e. The van der Waals surface area contributed by atoms with E-state index in [0.717, 1.165) is 10.2 Å². The van der Waals surface area contributed by atoms with Crippen LogP contribution in [-0.2, 0) is 4.79 Å². The molecule has 122 valence electrons. The van der Waals surface area contributed by atoms with Crippen LogP contribution >= 0.6 is 34.5 Å². The topological polar surface area (TPSA) is 51.2 Å². The molecule has 7 heteroatoms. The van der Waals surface area contributed by atoms with Crippen LogP contribution < -0.4 is 10.1 Å². The van der Waals surface area contributed by atoms with Gasteiger partial charge in [-0.05, 0) is 30.3 Å². The van der Waals surface area contributed by atoms with Crippen molar-refractivity contribution in [2.75, 3.05) is 12.4 Å². The number of para-hydroxylation sites is 1. The molecule has 4 nitrogen and oxygen atoms in total. The molecule has 1 aromatic heterocycles. The molecular weight excluding hydrogens is 367 g/mol. The molecule has 1 amide bonds. The third kappa shape index (κ3) is 3.70. The molecule has 0 unspecified atom stereocenters. The first-order valence-electron chi connectivity index (χ1n) is 6.94. The molecule has 0 saturated carbocycles.